The van der Waals surface area contributed by atoms with Gasteiger partial charge in [-0.15, -0.1) is 0 Å². The highest BCUT2D eigenvalue weighted by Gasteiger charge is 2.25. The molecule has 1 atom stereocenters. The second-order valence-electron chi connectivity index (χ2n) is 3.82. The Bertz CT molecular complexity index is 629. The van der Waals surface area contributed by atoms with Crippen molar-refractivity contribution in [1.29, 1.82) is 5.26 Å². The lowest BCUT2D eigenvalue weighted by molar-refractivity contribution is 0.0977. The van der Waals surface area contributed by atoms with Crippen molar-refractivity contribution in [3.05, 3.63) is 52.9 Å². The molecule has 19 heavy (non-hydrogen) atoms. The van der Waals surface area contributed by atoms with E-state index in [0.29, 0.717) is 21.9 Å². The molecule has 1 unspecified atom stereocenters. The van der Waals surface area contributed by atoms with Crippen LogP contribution in [0, 0.1) is 11.3 Å². The summed E-state index contributed by atoms with van der Waals surface area (Å²) >= 11 is 5.91. The smallest absolute Gasteiger partial charge is 0.187 e. The number of furan rings is 1. The zero-order valence-corrected chi connectivity index (χ0v) is 10.8. The molecule has 0 aliphatic rings. The third-order valence-corrected chi connectivity index (χ3v) is 2.93. The maximum atomic E-state index is 12.2. The summed E-state index contributed by atoms with van der Waals surface area (Å²) in [4.78, 5) is 12.2. The van der Waals surface area contributed by atoms with Crippen LogP contribution in [0.2, 0.25) is 5.02 Å². The number of hydrogen-bond acceptors (Lipinski definition) is 4. The van der Waals surface area contributed by atoms with Crippen LogP contribution in [0.1, 0.15) is 21.8 Å². The number of benzene rings is 1. The third-order valence-electron chi connectivity index (χ3n) is 2.70. The van der Waals surface area contributed by atoms with Gasteiger partial charge in [0.05, 0.1) is 25.0 Å². The van der Waals surface area contributed by atoms with E-state index in [1.165, 1.54) is 25.7 Å². The topological polar surface area (TPSA) is 63.2 Å². The summed E-state index contributed by atoms with van der Waals surface area (Å²) in [6.45, 7) is 0. The number of rotatable bonds is 4. The van der Waals surface area contributed by atoms with Crippen molar-refractivity contribution in [3.8, 4) is 11.8 Å². The van der Waals surface area contributed by atoms with Crippen molar-refractivity contribution in [2.75, 3.05) is 7.11 Å². The summed E-state index contributed by atoms with van der Waals surface area (Å²) in [6, 6.07) is 8.33. The number of ether oxygens (including phenoxy) is 1. The van der Waals surface area contributed by atoms with Crippen LogP contribution in [-0.2, 0) is 0 Å². The fourth-order valence-corrected chi connectivity index (χ4v) is 1.95. The maximum absolute atomic E-state index is 12.2. The molecule has 0 saturated carbocycles. The average Bonchev–Trinajstić information content (AvgIpc) is 2.93. The zero-order chi connectivity index (χ0) is 13.8. The van der Waals surface area contributed by atoms with Crippen molar-refractivity contribution in [2.45, 2.75) is 5.92 Å². The van der Waals surface area contributed by atoms with E-state index in [0.717, 1.165) is 0 Å². The molecule has 1 heterocycles. The van der Waals surface area contributed by atoms with Crippen LogP contribution < -0.4 is 4.74 Å². The van der Waals surface area contributed by atoms with Crippen LogP contribution in [0.4, 0.5) is 0 Å². The first-order valence-electron chi connectivity index (χ1n) is 5.47. The van der Waals surface area contributed by atoms with Gasteiger partial charge >= 0.3 is 0 Å². The second kappa shape index (κ2) is 5.59. The fraction of sp³-hybridized carbons (Fsp3) is 0.143. The molecule has 0 radical (unpaired) electrons. The van der Waals surface area contributed by atoms with Crippen LogP contribution in [0.5, 0.6) is 5.75 Å². The molecule has 96 valence electrons. The van der Waals surface area contributed by atoms with E-state index in [1.807, 2.05) is 6.07 Å². The van der Waals surface area contributed by atoms with Crippen LogP contribution in [0.15, 0.2) is 41.2 Å². The molecule has 1 aromatic carbocycles. The molecule has 1 aromatic heterocycles. The van der Waals surface area contributed by atoms with Gasteiger partial charge in [-0.05, 0) is 24.3 Å². The molecule has 5 heteroatoms. The normalized spacial score (nSPS) is 11.6. The number of hydrogen-bond donors (Lipinski definition) is 0. The first kappa shape index (κ1) is 13.2. The highest BCUT2D eigenvalue weighted by atomic mass is 35.5. The van der Waals surface area contributed by atoms with Crippen molar-refractivity contribution in [3.63, 3.8) is 0 Å². The Labute approximate surface area is 115 Å². The Morgan fingerprint density at radius 1 is 1.47 bits per heavy atom. The van der Waals surface area contributed by atoms with Gasteiger partial charge < -0.3 is 9.15 Å². The summed E-state index contributed by atoms with van der Waals surface area (Å²) in [7, 11) is 1.48. The molecule has 0 saturated heterocycles. The van der Waals surface area contributed by atoms with Gasteiger partial charge in [0.25, 0.3) is 0 Å². The van der Waals surface area contributed by atoms with Crippen LogP contribution >= 0.6 is 11.6 Å². The summed E-state index contributed by atoms with van der Waals surface area (Å²) in [5.74, 6) is -0.879. The average molecular weight is 276 g/mol. The Morgan fingerprint density at radius 2 is 2.26 bits per heavy atom. The highest BCUT2D eigenvalue weighted by molar-refractivity contribution is 6.30. The van der Waals surface area contributed by atoms with Crippen LogP contribution in [0.3, 0.4) is 0 Å². The van der Waals surface area contributed by atoms with E-state index in [-0.39, 0.29) is 5.78 Å². The summed E-state index contributed by atoms with van der Waals surface area (Å²) < 4.78 is 10.0. The first-order valence-corrected chi connectivity index (χ1v) is 5.84. The summed E-state index contributed by atoms with van der Waals surface area (Å²) in [5.41, 5.74) is 0.789. The predicted octanol–water partition coefficient (Wildman–Crippen LogP) is 3.43. The quantitative estimate of drug-likeness (QED) is 0.802. The minimum absolute atomic E-state index is 0.341. The largest absolute Gasteiger partial charge is 0.496 e. The molecule has 0 bridgehead atoms. The molecule has 0 aliphatic heterocycles. The number of Topliss-reactive ketones (excluding diaryl/α,β-unsaturated/α-hetero) is 1. The van der Waals surface area contributed by atoms with Gasteiger partial charge in [0.1, 0.15) is 17.9 Å². The minimum atomic E-state index is -0.980. The number of carbonyl (C=O) groups is 1. The van der Waals surface area contributed by atoms with Crippen molar-refractivity contribution >= 4 is 17.4 Å². The minimum Gasteiger partial charge on any atom is -0.496 e. The van der Waals surface area contributed by atoms with Crippen molar-refractivity contribution < 1.29 is 13.9 Å². The Balaban J connectivity index is 2.46. The molecule has 0 aliphatic carbocycles. The van der Waals surface area contributed by atoms with Gasteiger partial charge in [0.15, 0.2) is 5.78 Å². The lowest BCUT2D eigenvalue weighted by Gasteiger charge is -2.12. The van der Waals surface area contributed by atoms with Crippen molar-refractivity contribution in [1.82, 2.24) is 0 Å². The maximum Gasteiger partial charge on any atom is 0.187 e. The predicted molar refractivity (Wildman–Crippen MR) is 69.4 cm³/mol. The number of ketones is 1. The lowest BCUT2D eigenvalue weighted by Crippen LogP contribution is -2.11. The molecule has 2 aromatic rings. The molecule has 0 amide bonds. The van der Waals surface area contributed by atoms with Crippen LogP contribution in [-0.4, -0.2) is 12.9 Å². The van der Waals surface area contributed by atoms with E-state index in [9.17, 15) is 10.1 Å². The van der Waals surface area contributed by atoms with Gasteiger partial charge in [-0.1, -0.05) is 11.6 Å². The standard InChI is InChI=1S/C14H10ClNO3/c1-18-13-3-2-10(15)6-11(13)12(7-16)14(17)9-4-5-19-8-9/h2-6,8,12H,1H3. The Hall–Kier alpha value is -2.25. The fourth-order valence-electron chi connectivity index (χ4n) is 1.77. The highest BCUT2D eigenvalue weighted by Crippen LogP contribution is 2.31. The van der Waals surface area contributed by atoms with Gasteiger partial charge in [0.2, 0.25) is 0 Å². The van der Waals surface area contributed by atoms with Gasteiger partial charge in [-0.25, -0.2) is 0 Å². The van der Waals surface area contributed by atoms with E-state index < -0.39 is 5.92 Å². The Kier molecular flexibility index (Phi) is 3.88. The Morgan fingerprint density at radius 3 is 2.84 bits per heavy atom. The number of nitrogens with zero attached hydrogens (tertiary/aromatic N) is 1. The summed E-state index contributed by atoms with van der Waals surface area (Å²) in [5, 5.41) is 9.70. The van der Waals surface area contributed by atoms with Gasteiger partial charge in [-0.3, -0.25) is 4.79 Å². The number of halogens is 1. The molecule has 0 N–H and O–H groups in total. The van der Waals surface area contributed by atoms with E-state index in [1.54, 1.807) is 18.2 Å². The number of carbonyl (C=O) groups excluding carboxylic acids is 1. The lowest BCUT2D eigenvalue weighted by atomic mass is 9.92. The van der Waals surface area contributed by atoms with Crippen molar-refractivity contribution in [2.24, 2.45) is 0 Å². The summed E-state index contributed by atoms with van der Waals surface area (Å²) in [6.07, 6.45) is 2.70. The molecule has 0 fully saturated rings. The van der Waals surface area contributed by atoms with E-state index >= 15 is 0 Å². The number of methoxy groups -OCH3 is 1. The van der Waals surface area contributed by atoms with Gasteiger partial charge in [0, 0.05) is 10.6 Å². The SMILES string of the molecule is COc1ccc(Cl)cc1C(C#N)C(=O)c1ccoc1. The van der Waals surface area contributed by atoms with Gasteiger partial charge in [-0.2, -0.15) is 5.26 Å². The number of nitriles is 1. The monoisotopic (exact) mass is 275 g/mol. The van der Waals surface area contributed by atoms with E-state index in [2.05, 4.69) is 0 Å². The molecular formula is C14H10ClNO3. The van der Waals surface area contributed by atoms with E-state index in [4.69, 9.17) is 20.8 Å². The molecule has 4 nitrogen and oxygen atoms in total. The van der Waals surface area contributed by atoms with Crippen LogP contribution in [0.25, 0.3) is 0 Å². The molecular weight excluding hydrogens is 266 g/mol. The molecule has 0 spiro atoms. The first-order chi connectivity index (χ1) is 9.17. The third kappa shape index (κ3) is 2.61. The second-order valence-corrected chi connectivity index (χ2v) is 4.26. The molecule has 2 rings (SSSR count). The zero-order valence-electron chi connectivity index (χ0n) is 10.1.